The van der Waals surface area contributed by atoms with E-state index in [-0.39, 0.29) is 0 Å². The quantitative estimate of drug-likeness (QED) is 0.849. The van der Waals surface area contributed by atoms with Crippen LogP contribution < -0.4 is 10.2 Å². The van der Waals surface area contributed by atoms with Gasteiger partial charge in [0.2, 0.25) is 0 Å². The van der Waals surface area contributed by atoms with E-state index in [1.165, 1.54) is 11.3 Å². The van der Waals surface area contributed by atoms with Gasteiger partial charge in [-0.1, -0.05) is 38.1 Å². The van der Waals surface area contributed by atoms with Crippen molar-refractivity contribution in [3.8, 4) is 5.75 Å². The topological polar surface area (TPSA) is 35.5 Å². The second kappa shape index (κ2) is 4.50. The van der Waals surface area contributed by atoms with Crippen molar-refractivity contribution < 1.29 is 5.11 Å². The van der Waals surface area contributed by atoms with E-state index in [4.69, 9.17) is 0 Å². The number of nitrogens with zero attached hydrogens (tertiary/aromatic N) is 1. The van der Waals surface area contributed by atoms with Crippen LogP contribution in [0.5, 0.6) is 5.75 Å². The Morgan fingerprint density at radius 3 is 2.63 bits per heavy atom. The number of para-hydroxylation sites is 3. The Bertz CT molecular complexity index is 607. The Hall–Kier alpha value is -2.16. The molecule has 19 heavy (non-hydrogen) atoms. The number of anilines is 3. The highest BCUT2D eigenvalue weighted by Gasteiger charge is 2.25. The molecular weight excluding hydrogens is 236 g/mol. The standard InChI is InChI=1S/C16H18N2O/c1-11(2)12-6-5-7-13-16(12)18(10-17-13)14-8-3-4-9-15(14)19/h3-9,11,17,19H,10H2,1-2H3. The molecule has 0 radical (unpaired) electrons. The van der Waals surface area contributed by atoms with Crippen LogP contribution in [0.2, 0.25) is 0 Å². The summed E-state index contributed by atoms with van der Waals surface area (Å²) in [7, 11) is 0. The van der Waals surface area contributed by atoms with Crippen molar-refractivity contribution in [2.24, 2.45) is 0 Å². The number of benzene rings is 2. The minimum Gasteiger partial charge on any atom is -0.506 e. The van der Waals surface area contributed by atoms with Crippen LogP contribution in [-0.4, -0.2) is 11.8 Å². The fraction of sp³-hybridized carbons (Fsp3) is 0.250. The lowest BCUT2D eigenvalue weighted by Crippen LogP contribution is -2.17. The fourth-order valence-electron chi connectivity index (χ4n) is 2.61. The first-order valence-electron chi connectivity index (χ1n) is 6.61. The summed E-state index contributed by atoms with van der Waals surface area (Å²) < 4.78 is 0. The molecule has 1 aliphatic rings. The van der Waals surface area contributed by atoms with Crippen LogP contribution >= 0.6 is 0 Å². The lowest BCUT2D eigenvalue weighted by Gasteiger charge is -2.23. The molecular formula is C16H18N2O. The van der Waals surface area contributed by atoms with Crippen molar-refractivity contribution in [2.75, 3.05) is 16.9 Å². The molecule has 0 fully saturated rings. The van der Waals surface area contributed by atoms with Crippen LogP contribution in [0.4, 0.5) is 17.1 Å². The number of hydrogen-bond donors (Lipinski definition) is 2. The first-order chi connectivity index (χ1) is 9.18. The zero-order valence-corrected chi connectivity index (χ0v) is 11.2. The van der Waals surface area contributed by atoms with E-state index in [1.54, 1.807) is 6.07 Å². The van der Waals surface area contributed by atoms with Gasteiger partial charge in [-0.05, 0) is 29.7 Å². The molecule has 0 saturated heterocycles. The van der Waals surface area contributed by atoms with Gasteiger partial charge in [-0.15, -0.1) is 0 Å². The van der Waals surface area contributed by atoms with Gasteiger partial charge in [-0.25, -0.2) is 0 Å². The number of rotatable bonds is 2. The van der Waals surface area contributed by atoms with Gasteiger partial charge in [0.1, 0.15) is 5.75 Å². The molecule has 2 N–H and O–H groups in total. The molecule has 3 nitrogen and oxygen atoms in total. The predicted molar refractivity (Wildman–Crippen MR) is 79.3 cm³/mol. The molecule has 2 aromatic rings. The normalized spacial score (nSPS) is 13.5. The first-order valence-corrected chi connectivity index (χ1v) is 6.61. The molecule has 0 aromatic heterocycles. The van der Waals surface area contributed by atoms with Crippen LogP contribution in [0.15, 0.2) is 42.5 Å². The smallest absolute Gasteiger partial charge is 0.139 e. The Labute approximate surface area is 113 Å². The van der Waals surface area contributed by atoms with Crippen LogP contribution in [0, 0.1) is 0 Å². The first kappa shape index (κ1) is 11.9. The minimum atomic E-state index is 0.315. The molecule has 2 aromatic carbocycles. The number of phenolic OH excluding ortho intramolecular Hbond substituents is 1. The third kappa shape index (κ3) is 1.91. The monoisotopic (exact) mass is 254 g/mol. The summed E-state index contributed by atoms with van der Waals surface area (Å²) >= 11 is 0. The van der Waals surface area contributed by atoms with Gasteiger partial charge in [0.05, 0.1) is 23.7 Å². The average molecular weight is 254 g/mol. The minimum absolute atomic E-state index is 0.315. The van der Waals surface area contributed by atoms with Crippen molar-refractivity contribution in [3.63, 3.8) is 0 Å². The SMILES string of the molecule is CC(C)c1cccc2c1N(c1ccccc1O)CN2. The van der Waals surface area contributed by atoms with E-state index in [1.807, 2.05) is 18.2 Å². The van der Waals surface area contributed by atoms with Crippen molar-refractivity contribution in [3.05, 3.63) is 48.0 Å². The van der Waals surface area contributed by atoms with E-state index in [9.17, 15) is 5.11 Å². The van der Waals surface area contributed by atoms with E-state index in [2.05, 4.69) is 42.3 Å². The highest BCUT2D eigenvalue weighted by Crippen LogP contribution is 2.44. The maximum absolute atomic E-state index is 10.1. The average Bonchev–Trinajstić information content (AvgIpc) is 2.82. The molecule has 0 atom stereocenters. The molecule has 0 aliphatic carbocycles. The Balaban J connectivity index is 2.14. The van der Waals surface area contributed by atoms with Crippen molar-refractivity contribution >= 4 is 17.1 Å². The molecule has 0 spiro atoms. The van der Waals surface area contributed by atoms with Gasteiger partial charge in [0.15, 0.2) is 0 Å². The van der Waals surface area contributed by atoms with Crippen LogP contribution in [-0.2, 0) is 0 Å². The number of hydrogen-bond acceptors (Lipinski definition) is 3. The molecule has 1 heterocycles. The summed E-state index contributed by atoms with van der Waals surface area (Å²) in [5.74, 6) is 0.763. The molecule has 1 aliphatic heterocycles. The zero-order chi connectivity index (χ0) is 13.4. The summed E-state index contributed by atoms with van der Waals surface area (Å²) in [5, 5.41) is 13.4. The number of nitrogens with one attached hydrogen (secondary N) is 1. The summed E-state index contributed by atoms with van der Waals surface area (Å²) in [6.07, 6.45) is 0. The summed E-state index contributed by atoms with van der Waals surface area (Å²) in [5.41, 5.74) is 4.46. The highest BCUT2D eigenvalue weighted by molar-refractivity contribution is 5.85. The van der Waals surface area contributed by atoms with Gasteiger partial charge in [0.25, 0.3) is 0 Å². The Morgan fingerprint density at radius 2 is 1.89 bits per heavy atom. The Morgan fingerprint density at radius 1 is 1.11 bits per heavy atom. The largest absolute Gasteiger partial charge is 0.506 e. The van der Waals surface area contributed by atoms with Gasteiger partial charge >= 0.3 is 0 Å². The van der Waals surface area contributed by atoms with E-state index < -0.39 is 0 Å². The molecule has 0 bridgehead atoms. The molecule has 0 saturated carbocycles. The van der Waals surface area contributed by atoms with Gasteiger partial charge in [-0.3, -0.25) is 0 Å². The molecule has 3 heteroatoms. The highest BCUT2D eigenvalue weighted by atomic mass is 16.3. The summed E-state index contributed by atoms with van der Waals surface area (Å²) in [6.45, 7) is 5.07. The number of phenols is 1. The van der Waals surface area contributed by atoms with Gasteiger partial charge < -0.3 is 15.3 Å². The summed E-state index contributed by atoms with van der Waals surface area (Å²) in [6, 6.07) is 13.8. The maximum atomic E-state index is 10.1. The van der Waals surface area contributed by atoms with E-state index in [0.717, 1.165) is 11.4 Å². The van der Waals surface area contributed by atoms with E-state index >= 15 is 0 Å². The van der Waals surface area contributed by atoms with E-state index in [0.29, 0.717) is 18.3 Å². The second-order valence-electron chi connectivity index (χ2n) is 5.15. The summed E-state index contributed by atoms with van der Waals surface area (Å²) in [4.78, 5) is 2.14. The fourth-order valence-corrected chi connectivity index (χ4v) is 2.61. The van der Waals surface area contributed by atoms with Gasteiger partial charge in [0, 0.05) is 0 Å². The molecule has 3 rings (SSSR count). The third-order valence-electron chi connectivity index (χ3n) is 3.56. The molecule has 98 valence electrons. The zero-order valence-electron chi connectivity index (χ0n) is 11.2. The van der Waals surface area contributed by atoms with Crippen molar-refractivity contribution in [1.82, 2.24) is 0 Å². The van der Waals surface area contributed by atoms with Crippen molar-refractivity contribution in [1.29, 1.82) is 0 Å². The van der Waals surface area contributed by atoms with Crippen molar-refractivity contribution in [2.45, 2.75) is 19.8 Å². The Kier molecular flexibility index (Phi) is 2.82. The van der Waals surface area contributed by atoms with Crippen LogP contribution in [0.3, 0.4) is 0 Å². The number of aromatic hydroxyl groups is 1. The lowest BCUT2D eigenvalue weighted by molar-refractivity contribution is 0.476. The third-order valence-corrected chi connectivity index (χ3v) is 3.56. The second-order valence-corrected chi connectivity index (χ2v) is 5.15. The lowest BCUT2D eigenvalue weighted by atomic mass is 9.99. The van der Waals surface area contributed by atoms with Crippen LogP contribution in [0.1, 0.15) is 25.3 Å². The predicted octanol–water partition coefficient (Wildman–Crippen LogP) is 4.04. The van der Waals surface area contributed by atoms with Crippen LogP contribution in [0.25, 0.3) is 0 Å². The maximum Gasteiger partial charge on any atom is 0.139 e. The molecule has 0 unspecified atom stereocenters. The molecule has 0 amide bonds. The number of fused-ring (bicyclic) bond motifs is 1. The van der Waals surface area contributed by atoms with Gasteiger partial charge in [-0.2, -0.15) is 0 Å².